The van der Waals surface area contributed by atoms with E-state index in [9.17, 15) is 19.2 Å². The summed E-state index contributed by atoms with van der Waals surface area (Å²) in [4.78, 5) is 48.6. The number of benzene rings is 6. The molecule has 0 unspecified atom stereocenters. The standard InChI is InChI=1S/C25H24O3.C20H14O3/c1-4-28-25(2,3)24(27)22-16-14-21(15-17-22)23(26)20-12-10-19(11-13-20)18-8-6-5-7-9-18;21-19(17-10-12-18(13-11-17)20(22)23)16-8-6-15(7-9-16)14-4-2-1-3-5-14/h5-17H,4H2,1-3H3;1-13H,(H,22,23). The molecule has 0 saturated heterocycles. The SMILES string of the molecule is CCOC(C)(C)C(=O)c1ccc(C(=O)c2ccc(-c3ccccc3)cc2)cc1.O=C(O)c1ccc(C(=O)c2ccc(-c3ccccc3)cc2)cc1. The second kappa shape index (κ2) is 16.4. The summed E-state index contributed by atoms with van der Waals surface area (Å²) in [5.41, 5.74) is 6.36. The zero-order chi connectivity index (χ0) is 36.4. The molecular weight excluding hydrogens is 636 g/mol. The Labute approximate surface area is 298 Å². The van der Waals surface area contributed by atoms with Gasteiger partial charge in [-0.2, -0.15) is 0 Å². The van der Waals surface area contributed by atoms with Gasteiger partial charge in [-0.15, -0.1) is 0 Å². The molecule has 6 aromatic carbocycles. The minimum Gasteiger partial charge on any atom is -0.478 e. The maximum Gasteiger partial charge on any atom is 0.335 e. The van der Waals surface area contributed by atoms with Gasteiger partial charge in [0.1, 0.15) is 5.60 Å². The van der Waals surface area contributed by atoms with Gasteiger partial charge < -0.3 is 9.84 Å². The second-order valence-corrected chi connectivity index (χ2v) is 12.3. The monoisotopic (exact) mass is 674 g/mol. The van der Waals surface area contributed by atoms with E-state index in [0.29, 0.717) is 34.4 Å². The third-order valence-corrected chi connectivity index (χ3v) is 8.36. The zero-order valence-electron chi connectivity index (χ0n) is 28.7. The van der Waals surface area contributed by atoms with Gasteiger partial charge in [0.15, 0.2) is 17.3 Å². The van der Waals surface area contributed by atoms with Gasteiger partial charge in [0.25, 0.3) is 0 Å². The fourth-order valence-corrected chi connectivity index (χ4v) is 5.53. The van der Waals surface area contributed by atoms with E-state index >= 15 is 0 Å². The molecule has 51 heavy (non-hydrogen) atoms. The van der Waals surface area contributed by atoms with Crippen LogP contribution in [0, 0.1) is 0 Å². The van der Waals surface area contributed by atoms with Gasteiger partial charge in [-0.05, 0) is 55.2 Å². The Morgan fingerprint density at radius 3 is 1.08 bits per heavy atom. The van der Waals surface area contributed by atoms with Crippen LogP contribution in [0.4, 0.5) is 0 Å². The molecule has 6 nitrogen and oxygen atoms in total. The smallest absolute Gasteiger partial charge is 0.335 e. The van der Waals surface area contributed by atoms with Gasteiger partial charge in [0, 0.05) is 34.4 Å². The summed E-state index contributed by atoms with van der Waals surface area (Å²) in [6, 6.07) is 47.7. The lowest BCUT2D eigenvalue weighted by Crippen LogP contribution is -2.35. The predicted molar refractivity (Wildman–Crippen MR) is 200 cm³/mol. The number of hydrogen-bond acceptors (Lipinski definition) is 5. The molecule has 0 spiro atoms. The van der Waals surface area contributed by atoms with Gasteiger partial charge in [-0.25, -0.2) is 4.79 Å². The Balaban J connectivity index is 0.000000201. The van der Waals surface area contributed by atoms with Crippen LogP contribution >= 0.6 is 0 Å². The zero-order valence-corrected chi connectivity index (χ0v) is 28.7. The molecule has 0 amide bonds. The molecule has 0 heterocycles. The second-order valence-electron chi connectivity index (χ2n) is 12.3. The molecule has 0 aliphatic carbocycles. The lowest BCUT2D eigenvalue weighted by Gasteiger charge is -2.23. The topological polar surface area (TPSA) is 97.7 Å². The van der Waals surface area contributed by atoms with Gasteiger partial charge in [-0.3, -0.25) is 14.4 Å². The molecule has 0 saturated carbocycles. The molecule has 0 fully saturated rings. The van der Waals surface area contributed by atoms with Crippen LogP contribution in [0.15, 0.2) is 158 Å². The van der Waals surface area contributed by atoms with E-state index < -0.39 is 11.6 Å². The van der Waals surface area contributed by atoms with Crippen molar-refractivity contribution >= 4 is 23.3 Å². The van der Waals surface area contributed by atoms with Gasteiger partial charge in [0.05, 0.1) is 5.56 Å². The lowest BCUT2D eigenvalue weighted by molar-refractivity contribution is 0.00126. The summed E-state index contributed by atoms with van der Waals surface area (Å²) >= 11 is 0. The number of rotatable bonds is 11. The number of ether oxygens (including phenoxy) is 1. The van der Waals surface area contributed by atoms with E-state index in [0.717, 1.165) is 22.3 Å². The average Bonchev–Trinajstić information content (AvgIpc) is 3.18. The normalized spacial score (nSPS) is 10.8. The third-order valence-electron chi connectivity index (χ3n) is 8.36. The highest BCUT2D eigenvalue weighted by Gasteiger charge is 2.29. The van der Waals surface area contributed by atoms with Gasteiger partial charge in [0.2, 0.25) is 0 Å². The highest BCUT2D eigenvalue weighted by Crippen LogP contribution is 2.23. The minimum absolute atomic E-state index is 0.0670. The first-order chi connectivity index (χ1) is 24.6. The highest BCUT2D eigenvalue weighted by atomic mass is 16.5. The van der Waals surface area contributed by atoms with Gasteiger partial charge in [-0.1, -0.05) is 146 Å². The van der Waals surface area contributed by atoms with E-state index in [1.807, 2.05) is 104 Å². The Morgan fingerprint density at radius 2 is 0.745 bits per heavy atom. The van der Waals surface area contributed by atoms with Crippen molar-refractivity contribution in [3.05, 3.63) is 191 Å². The summed E-state index contributed by atoms with van der Waals surface area (Å²) in [5, 5.41) is 8.89. The Morgan fingerprint density at radius 1 is 0.451 bits per heavy atom. The molecule has 0 atom stereocenters. The molecule has 254 valence electrons. The van der Waals surface area contributed by atoms with Crippen molar-refractivity contribution in [2.24, 2.45) is 0 Å². The third kappa shape index (κ3) is 9.06. The molecule has 6 heteroatoms. The summed E-state index contributed by atoms with van der Waals surface area (Å²) in [5.74, 6) is -1.29. The van der Waals surface area contributed by atoms with Gasteiger partial charge >= 0.3 is 5.97 Å². The lowest BCUT2D eigenvalue weighted by atomic mass is 9.94. The largest absolute Gasteiger partial charge is 0.478 e. The molecule has 6 aromatic rings. The first-order valence-electron chi connectivity index (χ1n) is 16.6. The van der Waals surface area contributed by atoms with Crippen molar-refractivity contribution in [3.8, 4) is 22.3 Å². The maximum absolute atomic E-state index is 12.8. The number of carbonyl (C=O) groups excluding carboxylic acids is 3. The minimum atomic E-state index is -1.00. The van der Waals surface area contributed by atoms with Crippen LogP contribution < -0.4 is 0 Å². The van der Waals surface area contributed by atoms with Crippen molar-refractivity contribution in [2.75, 3.05) is 6.61 Å². The molecule has 0 aromatic heterocycles. The average molecular weight is 675 g/mol. The summed E-state index contributed by atoms with van der Waals surface area (Å²) in [6.45, 7) is 5.84. The van der Waals surface area contributed by atoms with Crippen LogP contribution in [0.2, 0.25) is 0 Å². The van der Waals surface area contributed by atoms with Crippen molar-refractivity contribution < 1.29 is 29.0 Å². The van der Waals surface area contributed by atoms with Crippen LogP contribution in [0.3, 0.4) is 0 Å². The van der Waals surface area contributed by atoms with E-state index in [1.165, 1.54) is 24.3 Å². The Bertz CT molecular complexity index is 2100. The van der Waals surface area contributed by atoms with E-state index in [4.69, 9.17) is 9.84 Å². The fraction of sp³-hybridized carbons (Fsp3) is 0.111. The van der Waals surface area contributed by atoms with Crippen LogP contribution in [0.5, 0.6) is 0 Å². The number of carboxylic acids is 1. The number of hydrogen-bond donors (Lipinski definition) is 1. The molecule has 1 N–H and O–H groups in total. The van der Waals surface area contributed by atoms with Crippen LogP contribution in [0.1, 0.15) is 73.3 Å². The van der Waals surface area contributed by atoms with E-state index in [1.54, 1.807) is 50.2 Å². The number of aromatic carboxylic acids is 1. The van der Waals surface area contributed by atoms with Crippen LogP contribution in [0.25, 0.3) is 22.3 Å². The molecule has 0 aliphatic heterocycles. The molecule has 0 aliphatic rings. The van der Waals surface area contributed by atoms with Crippen molar-refractivity contribution in [3.63, 3.8) is 0 Å². The maximum atomic E-state index is 12.8. The molecule has 6 rings (SSSR count). The first kappa shape index (κ1) is 36.1. The number of Topliss-reactive ketones (excluding diaryl/α,β-unsaturated/α-hetero) is 1. The molecular formula is C45H38O6. The Kier molecular flexibility index (Phi) is 11.6. The van der Waals surface area contributed by atoms with E-state index in [-0.39, 0.29) is 22.9 Å². The highest BCUT2D eigenvalue weighted by molar-refractivity contribution is 6.10. The number of carboxylic acid groups (broad SMARTS) is 1. The van der Waals surface area contributed by atoms with Crippen molar-refractivity contribution in [2.45, 2.75) is 26.4 Å². The Hall–Kier alpha value is -6.24. The molecule has 0 radical (unpaired) electrons. The quantitative estimate of drug-likeness (QED) is 0.137. The summed E-state index contributed by atoms with van der Waals surface area (Å²) < 4.78 is 5.52. The first-order valence-corrected chi connectivity index (χ1v) is 16.6. The number of carbonyl (C=O) groups is 4. The van der Waals surface area contributed by atoms with Crippen LogP contribution in [-0.4, -0.2) is 40.6 Å². The van der Waals surface area contributed by atoms with Crippen molar-refractivity contribution in [1.29, 1.82) is 0 Å². The molecule has 0 bridgehead atoms. The van der Waals surface area contributed by atoms with Crippen molar-refractivity contribution in [1.82, 2.24) is 0 Å². The summed E-state index contributed by atoms with van der Waals surface area (Å²) in [6.07, 6.45) is 0. The number of ketones is 3. The predicted octanol–water partition coefficient (Wildman–Crippen LogP) is 9.87. The van der Waals surface area contributed by atoms with E-state index in [2.05, 4.69) is 0 Å². The van der Waals surface area contributed by atoms with Crippen LogP contribution in [-0.2, 0) is 4.74 Å². The fourth-order valence-electron chi connectivity index (χ4n) is 5.53. The summed E-state index contributed by atoms with van der Waals surface area (Å²) in [7, 11) is 0.